The molecule has 0 atom stereocenters. The number of benzene rings is 2. The molecule has 1 aliphatic rings. The molecule has 0 N–H and O–H groups in total. The Hall–Kier alpha value is -2.64. The third kappa shape index (κ3) is 5.09. The summed E-state index contributed by atoms with van der Waals surface area (Å²) in [7, 11) is 0. The van der Waals surface area contributed by atoms with Crippen molar-refractivity contribution in [1.29, 1.82) is 0 Å². The summed E-state index contributed by atoms with van der Waals surface area (Å²) >= 11 is 1.44. The minimum absolute atomic E-state index is 0.161. The Morgan fingerprint density at radius 2 is 1.77 bits per heavy atom. The van der Waals surface area contributed by atoms with Crippen LogP contribution < -0.4 is 0 Å². The van der Waals surface area contributed by atoms with Gasteiger partial charge in [0.1, 0.15) is 6.33 Å². The van der Waals surface area contributed by atoms with Crippen molar-refractivity contribution in [3.05, 3.63) is 71.5 Å². The van der Waals surface area contributed by atoms with E-state index in [1.165, 1.54) is 28.5 Å². The maximum absolute atomic E-state index is 12.7. The maximum atomic E-state index is 12.7. The van der Waals surface area contributed by atoms with E-state index in [-0.39, 0.29) is 5.91 Å². The normalized spacial score (nSPS) is 14.8. The molecule has 1 amide bonds. The van der Waals surface area contributed by atoms with E-state index in [9.17, 15) is 4.79 Å². The first-order chi connectivity index (χ1) is 14.6. The highest BCUT2D eigenvalue weighted by atomic mass is 32.2. The zero-order valence-corrected chi connectivity index (χ0v) is 18.3. The second-order valence-electron chi connectivity index (χ2n) is 7.75. The highest BCUT2D eigenvalue weighted by Gasteiger charge is 2.22. The fraction of sp³-hybridized carbons (Fsp3) is 0.348. The molecule has 156 valence electrons. The molecule has 1 fully saturated rings. The number of aromatic nitrogens is 3. The lowest BCUT2D eigenvalue weighted by Gasteiger charge is -2.34. The summed E-state index contributed by atoms with van der Waals surface area (Å²) < 4.78 is 1.93. The molecule has 0 aliphatic carbocycles. The van der Waals surface area contributed by atoms with Gasteiger partial charge < -0.3 is 4.90 Å². The molecule has 7 heteroatoms. The quantitative estimate of drug-likeness (QED) is 0.572. The van der Waals surface area contributed by atoms with E-state index in [2.05, 4.69) is 65.3 Å². The first-order valence-corrected chi connectivity index (χ1v) is 11.2. The summed E-state index contributed by atoms with van der Waals surface area (Å²) in [6.07, 6.45) is 1.70. The maximum Gasteiger partial charge on any atom is 0.233 e. The molecule has 4 rings (SSSR count). The van der Waals surface area contributed by atoms with Gasteiger partial charge in [-0.3, -0.25) is 14.3 Å². The van der Waals surface area contributed by atoms with Crippen LogP contribution in [0.25, 0.3) is 5.69 Å². The first-order valence-electron chi connectivity index (χ1n) is 10.2. The van der Waals surface area contributed by atoms with E-state index < -0.39 is 0 Å². The number of amides is 1. The van der Waals surface area contributed by atoms with Crippen molar-refractivity contribution < 1.29 is 4.79 Å². The van der Waals surface area contributed by atoms with Gasteiger partial charge in [0.05, 0.1) is 5.75 Å². The number of nitrogens with zero attached hydrogens (tertiary/aromatic N) is 5. The van der Waals surface area contributed by atoms with Crippen molar-refractivity contribution in [1.82, 2.24) is 24.6 Å². The Labute approximate surface area is 181 Å². The van der Waals surface area contributed by atoms with Gasteiger partial charge in [0, 0.05) is 38.4 Å². The van der Waals surface area contributed by atoms with Crippen LogP contribution in [0, 0.1) is 13.8 Å². The number of aryl methyl sites for hydroxylation is 2. The minimum Gasteiger partial charge on any atom is -0.339 e. The van der Waals surface area contributed by atoms with Crippen LogP contribution in [0.4, 0.5) is 0 Å². The smallest absolute Gasteiger partial charge is 0.233 e. The molecule has 0 bridgehead atoms. The molecule has 0 unspecified atom stereocenters. The second-order valence-corrected chi connectivity index (χ2v) is 8.70. The Morgan fingerprint density at radius 3 is 2.50 bits per heavy atom. The lowest BCUT2D eigenvalue weighted by atomic mass is 10.1. The molecule has 0 radical (unpaired) electrons. The van der Waals surface area contributed by atoms with Gasteiger partial charge in [-0.05, 0) is 31.5 Å². The zero-order chi connectivity index (χ0) is 20.9. The number of piperazine rings is 1. The fourth-order valence-electron chi connectivity index (χ4n) is 3.65. The van der Waals surface area contributed by atoms with Crippen molar-refractivity contribution in [2.24, 2.45) is 0 Å². The Bertz CT molecular complexity index is 993. The summed E-state index contributed by atoms with van der Waals surface area (Å²) in [6.45, 7) is 8.49. The van der Waals surface area contributed by atoms with Crippen molar-refractivity contribution in [2.75, 3.05) is 31.9 Å². The van der Waals surface area contributed by atoms with Gasteiger partial charge >= 0.3 is 0 Å². The van der Waals surface area contributed by atoms with Crippen molar-refractivity contribution >= 4 is 17.7 Å². The third-order valence-electron chi connectivity index (χ3n) is 5.37. The lowest BCUT2D eigenvalue weighted by Crippen LogP contribution is -2.48. The number of carbonyl (C=O) groups is 1. The highest BCUT2D eigenvalue weighted by Crippen LogP contribution is 2.20. The summed E-state index contributed by atoms with van der Waals surface area (Å²) in [5.74, 6) is 0.538. The molecule has 6 nitrogen and oxygen atoms in total. The van der Waals surface area contributed by atoms with Crippen molar-refractivity contribution in [3.63, 3.8) is 0 Å². The third-order valence-corrected chi connectivity index (χ3v) is 6.29. The van der Waals surface area contributed by atoms with Crippen LogP contribution >= 0.6 is 11.8 Å². The fourth-order valence-corrected chi connectivity index (χ4v) is 4.48. The molecular formula is C23H27N5OS. The van der Waals surface area contributed by atoms with Crippen molar-refractivity contribution in [2.45, 2.75) is 25.5 Å². The van der Waals surface area contributed by atoms with Crippen LogP contribution in [0.2, 0.25) is 0 Å². The standard InChI is InChI=1S/C23H27N5OS/c1-18-6-8-21(9-7-18)28-17-24-25-23(28)30-16-22(29)27-12-10-26(11-13-27)15-20-5-3-4-19(2)14-20/h3-9,14,17H,10-13,15-16H2,1-2H3. The molecule has 1 aromatic heterocycles. The Balaban J connectivity index is 1.28. The SMILES string of the molecule is Cc1ccc(-n2cnnc2SCC(=O)N2CCN(Cc3cccc(C)c3)CC2)cc1. The number of hydrogen-bond acceptors (Lipinski definition) is 5. The van der Waals surface area contributed by atoms with E-state index in [1.54, 1.807) is 6.33 Å². The van der Waals surface area contributed by atoms with Gasteiger partial charge in [-0.1, -0.05) is 59.3 Å². The summed E-state index contributed by atoms with van der Waals surface area (Å²) in [5.41, 5.74) is 4.83. The number of carbonyl (C=O) groups excluding carboxylic acids is 1. The van der Waals surface area contributed by atoms with Crippen LogP contribution in [-0.2, 0) is 11.3 Å². The molecule has 2 heterocycles. The largest absolute Gasteiger partial charge is 0.339 e. The van der Waals surface area contributed by atoms with Crippen molar-refractivity contribution in [3.8, 4) is 5.69 Å². The van der Waals surface area contributed by atoms with Crippen LogP contribution in [0.3, 0.4) is 0 Å². The lowest BCUT2D eigenvalue weighted by molar-refractivity contribution is -0.130. The van der Waals surface area contributed by atoms with E-state index in [0.29, 0.717) is 5.75 Å². The molecule has 1 saturated heterocycles. The first kappa shape index (κ1) is 20.6. The molecule has 30 heavy (non-hydrogen) atoms. The van der Waals surface area contributed by atoms with Crippen LogP contribution in [0.1, 0.15) is 16.7 Å². The summed E-state index contributed by atoms with van der Waals surface area (Å²) in [5, 5.41) is 8.96. The van der Waals surface area contributed by atoms with E-state index in [0.717, 1.165) is 43.6 Å². The zero-order valence-electron chi connectivity index (χ0n) is 17.5. The summed E-state index contributed by atoms with van der Waals surface area (Å²) in [6, 6.07) is 16.8. The predicted octanol–water partition coefficient (Wildman–Crippen LogP) is 3.32. The van der Waals surface area contributed by atoms with Crippen LogP contribution in [-0.4, -0.2) is 62.4 Å². The molecule has 0 saturated carbocycles. The predicted molar refractivity (Wildman–Crippen MR) is 120 cm³/mol. The summed E-state index contributed by atoms with van der Waals surface area (Å²) in [4.78, 5) is 17.1. The number of thioether (sulfide) groups is 1. The molecular weight excluding hydrogens is 394 g/mol. The average Bonchev–Trinajstić information content (AvgIpc) is 3.22. The average molecular weight is 422 g/mol. The number of rotatable bonds is 6. The van der Waals surface area contributed by atoms with Gasteiger partial charge in [-0.15, -0.1) is 10.2 Å². The topological polar surface area (TPSA) is 54.3 Å². The van der Waals surface area contributed by atoms with Crippen LogP contribution in [0.5, 0.6) is 0 Å². The Kier molecular flexibility index (Phi) is 6.50. The number of hydrogen-bond donors (Lipinski definition) is 0. The van der Waals surface area contributed by atoms with E-state index in [4.69, 9.17) is 0 Å². The molecule has 1 aliphatic heterocycles. The molecule has 2 aromatic carbocycles. The minimum atomic E-state index is 0.161. The van der Waals surface area contributed by atoms with Gasteiger partial charge in [0.15, 0.2) is 5.16 Å². The van der Waals surface area contributed by atoms with E-state index >= 15 is 0 Å². The second kappa shape index (κ2) is 9.45. The molecule has 0 spiro atoms. The van der Waals surface area contributed by atoms with Gasteiger partial charge in [-0.25, -0.2) is 0 Å². The highest BCUT2D eigenvalue weighted by molar-refractivity contribution is 7.99. The van der Waals surface area contributed by atoms with Gasteiger partial charge in [0.25, 0.3) is 0 Å². The Morgan fingerprint density at radius 1 is 1.00 bits per heavy atom. The molecule has 3 aromatic rings. The monoisotopic (exact) mass is 421 g/mol. The van der Waals surface area contributed by atoms with Gasteiger partial charge in [0.2, 0.25) is 5.91 Å². The van der Waals surface area contributed by atoms with Crippen LogP contribution in [0.15, 0.2) is 60.0 Å². The van der Waals surface area contributed by atoms with Gasteiger partial charge in [-0.2, -0.15) is 0 Å². The van der Waals surface area contributed by atoms with E-state index in [1.807, 2.05) is 21.6 Å².